The Morgan fingerprint density at radius 1 is 1.12 bits per heavy atom. The van der Waals surface area contributed by atoms with Crippen molar-refractivity contribution < 1.29 is 24.2 Å². The molecule has 2 aliphatic rings. The molecular formula is C38H58N4O5S. The van der Waals surface area contributed by atoms with Gasteiger partial charge in [0.2, 0.25) is 0 Å². The maximum absolute atomic E-state index is 13.5. The molecule has 0 saturated carbocycles. The van der Waals surface area contributed by atoms with Gasteiger partial charge in [0.1, 0.15) is 29.3 Å². The van der Waals surface area contributed by atoms with Crippen molar-refractivity contribution in [3.8, 4) is 0 Å². The number of amides is 1. The Kier molecular flexibility index (Phi) is 14.2. The number of hydrogen-bond donors (Lipinski definition) is 2. The SMILES string of the molecule is CCC(C)C(CC(=O)C1CCCCN1C)CN1COC(c2nc(C(=O)NC(Cc3ccc(C)cc3)CC(C)C(=O)O)cs2)CC1C(C)C. The number of nitrogens with zero attached hydrogens (tertiary/aromatic N) is 3. The Labute approximate surface area is 291 Å². The minimum atomic E-state index is -0.879. The van der Waals surface area contributed by atoms with Gasteiger partial charge in [-0.3, -0.25) is 24.2 Å². The highest BCUT2D eigenvalue weighted by Gasteiger charge is 2.37. The van der Waals surface area contributed by atoms with E-state index in [9.17, 15) is 19.5 Å². The largest absolute Gasteiger partial charge is 0.481 e. The van der Waals surface area contributed by atoms with E-state index in [-0.39, 0.29) is 36.1 Å². The minimum Gasteiger partial charge on any atom is -0.481 e. The van der Waals surface area contributed by atoms with Crippen LogP contribution in [0.15, 0.2) is 29.6 Å². The zero-order valence-electron chi connectivity index (χ0n) is 30.1. The zero-order valence-corrected chi connectivity index (χ0v) is 30.9. The second-order valence-electron chi connectivity index (χ2n) is 14.8. The van der Waals surface area contributed by atoms with Gasteiger partial charge in [-0.2, -0.15) is 0 Å². The van der Waals surface area contributed by atoms with Crippen LogP contribution in [0.1, 0.15) is 112 Å². The molecule has 266 valence electrons. The van der Waals surface area contributed by atoms with Crippen LogP contribution in [0, 0.1) is 30.6 Å². The quantitative estimate of drug-likeness (QED) is 0.200. The van der Waals surface area contributed by atoms with E-state index in [0.29, 0.717) is 49.3 Å². The van der Waals surface area contributed by atoms with Crippen molar-refractivity contribution in [2.75, 3.05) is 26.9 Å². The average molecular weight is 683 g/mol. The maximum Gasteiger partial charge on any atom is 0.306 e. The fourth-order valence-electron chi connectivity index (χ4n) is 7.26. The zero-order chi connectivity index (χ0) is 35.0. The van der Waals surface area contributed by atoms with Crippen LogP contribution in [0.4, 0.5) is 0 Å². The van der Waals surface area contributed by atoms with Gasteiger partial charge in [0.05, 0.1) is 12.0 Å². The number of ketones is 1. The summed E-state index contributed by atoms with van der Waals surface area (Å²) in [7, 11) is 2.09. The number of carboxylic acids is 1. The predicted octanol–water partition coefficient (Wildman–Crippen LogP) is 6.75. The molecule has 1 aromatic carbocycles. The Bertz CT molecular complexity index is 1350. The van der Waals surface area contributed by atoms with E-state index in [1.165, 1.54) is 17.8 Å². The monoisotopic (exact) mass is 682 g/mol. The molecule has 3 heterocycles. The molecule has 0 radical (unpaired) electrons. The molecule has 2 aliphatic heterocycles. The molecule has 4 rings (SSSR count). The molecule has 48 heavy (non-hydrogen) atoms. The van der Waals surface area contributed by atoms with Gasteiger partial charge < -0.3 is 15.2 Å². The number of carbonyl (C=O) groups is 3. The van der Waals surface area contributed by atoms with Crippen LogP contribution in [0.2, 0.25) is 0 Å². The normalized spacial score (nSPS) is 23.4. The first-order valence-corrected chi connectivity index (χ1v) is 18.9. The molecule has 7 atom stereocenters. The Morgan fingerprint density at radius 2 is 1.85 bits per heavy atom. The number of thiazole rings is 1. The summed E-state index contributed by atoms with van der Waals surface area (Å²) in [6.07, 6.45) is 6.33. The number of likely N-dealkylation sites (N-methyl/N-ethyl adjacent to an activating group) is 1. The number of aliphatic carboxylic acids is 1. The summed E-state index contributed by atoms with van der Waals surface area (Å²) in [5.74, 6) is -0.300. The Balaban J connectivity index is 1.41. The number of likely N-dealkylation sites (tertiary alicyclic amines) is 1. The van der Waals surface area contributed by atoms with E-state index in [1.54, 1.807) is 12.3 Å². The van der Waals surface area contributed by atoms with Crippen LogP contribution in [0.25, 0.3) is 0 Å². The van der Waals surface area contributed by atoms with Crippen LogP contribution >= 0.6 is 11.3 Å². The molecule has 10 heteroatoms. The number of carbonyl (C=O) groups excluding carboxylic acids is 2. The van der Waals surface area contributed by atoms with Gasteiger partial charge >= 0.3 is 5.97 Å². The number of benzene rings is 1. The number of ether oxygens (including phenoxy) is 1. The molecule has 0 aliphatic carbocycles. The molecule has 0 bridgehead atoms. The van der Waals surface area contributed by atoms with Crippen LogP contribution in [-0.2, 0) is 20.7 Å². The molecular weight excluding hydrogens is 625 g/mol. The van der Waals surface area contributed by atoms with Crippen molar-refractivity contribution in [1.82, 2.24) is 20.1 Å². The predicted molar refractivity (Wildman–Crippen MR) is 191 cm³/mol. The third-order valence-corrected chi connectivity index (χ3v) is 11.6. The highest BCUT2D eigenvalue weighted by molar-refractivity contribution is 7.09. The van der Waals surface area contributed by atoms with Crippen LogP contribution in [0.5, 0.6) is 0 Å². The van der Waals surface area contributed by atoms with Gasteiger partial charge in [0.25, 0.3) is 5.91 Å². The highest BCUT2D eigenvalue weighted by atomic mass is 32.1. The lowest BCUT2D eigenvalue weighted by atomic mass is 9.83. The van der Waals surface area contributed by atoms with E-state index >= 15 is 0 Å². The van der Waals surface area contributed by atoms with Crippen LogP contribution in [-0.4, -0.2) is 82.5 Å². The van der Waals surface area contributed by atoms with Crippen molar-refractivity contribution in [3.05, 3.63) is 51.5 Å². The average Bonchev–Trinajstić information content (AvgIpc) is 3.56. The Hall–Kier alpha value is -2.66. The van der Waals surface area contributed by atoms with Crippen molar-refractivity contribution in [3.63, 3.8) is 0 Å². The lowest BCUT2D eigenvalue weighted by Gasteiger charge is -2.43. The summed E-state index contributed by atoms with van der Waals surface area (Å²) in [6, 6.07) is 8.06. The summed E-state index contributed by atoms with van der Waals surface area (Å²) in [5, 5.41) is 15.2. The van der Waals surface area contributed by atoms with E-state index in [1.807, 2.05) is 31.2 Å². The lowest BCUT2D eigenvalue weighted by Crippen LogP contribution is -2.49. The molecule has 1 aromatic heterocycles. The third kappa shape index (κ3) is 10.4. The first-order chi connectivity index (χ1) is 22.9. The number of aryl methyl sites for hydroxylation is 1. The van der Waals surface area contributed by atoms with Gasteiger partial charge in [-0.05, 0) is 75.9 Å². The maximum atomic E-state index is 13.5. The first-order valence-electron chi connectivity index (χ1n) is 18.0. The number of rotatable bonds is 16. The fraction of sp³-hybridized carbons (Fsp3) is 0.684. The second-order valence-corrected chi connectivity index (χ2v) is 15.7. The smallest absolute Gasteiger partial charge is 0.306 e. The number of Topliss-reactive ketones (excluding diaryl/α,β-unsaturated/α-hetero) is 1. The standard InChI is InChI=1S/C38H58N4O5S/c1-8-26(5)29(19-34(43)32-11-9-10-16-41(32)7)21-42-23-47-35(20-33(42)24(2)3)37-40-31(22-48-37)36(44)39-30(17-27(6)38(45)46)18-28-14-12-25(4)13-15-28/h12-15,22,24,26-27,29-30,32-33,35H,8-11,16-21,23H2,1-7H3,(H,39,44)(H,45,46). The van der Waals surface area contributed by atoms with E-state index in [4.69, 9.17) is 9.72 Å². The summed E-state index contributed by atoms with van der Waals surface area (Å²) in [4.78, 5) is 47.9. The van der Waals surface area contributed by atoms with Gasteiger partial charge in [0, 0.05) is 30.4 Å². The molecule has 2 aromatic rings. The summed E-state index contributed by atoms with van der Waals surface area (Å²) < 4.78 is 6.44. The second kappa shape index (κ2) is 17.8. The number of carboxylic acid groups (broad SMARTS) is 1. The summed E-state index contributed by atoms with van der Waals surface area (Å²) >= 11 is 1.44. The lowest BCUT2D eigenvalue weighted by molar-refractivity contribution is -0.141. The van der Waals surface area contributed by atoms with E-state index < -0.39 is 11.9 Å². The van der Waals surface area contributed by atoms with Crippen molar-refractivity contribution in [2.45, 2.75) is 117 Å². The Morgan fingerprint density at radius 3 is 2.50 bits per heavy atom. The van der Waals surface area contributed by atoms with Gasteiger partial charge in [-0.15, -0.1) is 11.3 Å². The van der Waals surface area contributed by atoms with Crippen LogP contribution in [0.3, 0.4) is 0 Å². The van der Waals surface area contributed by atoms with Crippen molar-refractivity contribution in [1.29, 1.82) is 0 Å². The molecule has 2 N–H and O–H groups in total. The minimum absolute atomic E-state index is 0.0444. The summed E-state index contributed by atoms with van der Waals surface area (Å²) in [5.41, 5.74) is 2.53. The molecule has 7 unspecified atom stereocenters. The third-order valence-electron chi connectivity index (χ3n) is 10.7. The number of piperidine rings is 1. The summed E-state index contributed by atoms with van der Waals surface area (Å²) in [6.45, 7) is 15.0. The van der Waals surface area contributed by atoms with Crippen LogP contribution < -0.4 is 5.32 Å². The molecule has 0 spiro atoms. The molecule has 2 fully saturated rings. The number of hydrogen-bond acceptors (Lipinski definition) is 8. The highest BCUT2D eigenvalue weighted by Crippen LogP contribution is 2.36. The van der Waals surface area contributed by atoms with Crippen molar-refractivity contribution >= 4 is 29.0 Å². The fourth-order valence-corrected chi connectivity index (χ4v) is 8.12. The molecule has 1 amide bonds. The van der Waals surface area contributed by atoms with Gasteiger partial charge in [0.15, 0.2) is 0 Å². The van der Waals surface area contributed by atoms with Crippen molar-refractivity contribution in [2.24, 2.45) is 23.7 Å². The van der Waals surface area contributed by atoms with E-state index in [2.05, 4.69) is 49.9 Å². The number of nitrogens with one attached hydrogen (secondary N) is 1. The molecule has 9 nitrogen and oxygen atoms in total. The van der Waals surface area contributed by atoms with Gasteiger partial charge in [-0.25, -0.2) is 4.98 Å². The first kappa shape index (κ1) is 38.1. The topological polar surface area (TPSA) is 112 Å². The van der Waals surface area contributed by atoms with Gasteiger partial charge in [-0.1, -0.05) is 77.3 Å². The van der Waals surface area contributed by atoms with E-state index in [0.717, 1.165) is 54.9 Å². The number of aromatic nitrogens is 1. The molecule has 2 saturated heterocycles.